The maximum Gasteiger partial charge on any atom is 0.263 e. The minimum Gasteiger partial charge on any atom is -0.356 e. The van der Waals surface area contributed by atoms with Gasteiger partial charge in [-0.15, -0.1) is 17.9 Å². The Hall–Kier alpha value is -1.60. The lowest BCUT2D eigenvalue weighted by Crippen LogP contribution is -2.25. The molecule has 25 heavy (non-hydrogen) atoms. The average molecular weight is 378 g/mol. The fourth-order valence-electron chi connectivity index (χ4n) is 3.17. The molecule has 0 aliphatic heterocycles. The third kappa shape index (κ3) is 3.82. The van der Waals surface area contributed by atoms with Crippen LogP contribution in [0.25, 0.3) is 10.2 Å². The zero-order valence-electron chi connectivity index (χ0n) is 14.6. The van der Waals surface area contributed by atoms with E-state index in [9.17, 15) is 9.59 Å². The van der Waals surface area contributed by atoms with Gasteiger partial charge in [0.1, 0.15) is 4.83 Å². The number of thiophene rings is 1. The van der Waals surface area contributed by atoms with E-state index in [2.05, 4.69) is 18.8 Å². The SMILES string of the molecule is C=CCn1c(SCCNC(C)=O)nc2sc3c(c2c1=O)CC[C@@H](C)C3. The van der Waals surface area contributed by atoms with Crippen LogP contribution in [0.15, 0.2) is 22.6 Å². The van der Waals surface area contributed by atoms with Gasteiger partial charge in [-0.25, -0.2) is 4.98 Å². The van der Waals surface area contributed by atoms with E-state index in [0.717, 1.165) is 29.5 Å². The van der Waals surface area contributed by atoms with Crippen LogP contribution in [0.3, 0.4) is 0 Å². The van der Waals surface area contributed by atoms with Gasteiger partial charge in [0.25, 0.3) is 5.56 Å². The van der Waals surface area contributed by atoms with Gasteiger partial charge in [-0.1, -0.05) is 24.8 Å². The molecule has 0 aromatic carbocycles. The first-order chi connectivity index (χ1) is 12.0. The Morgan fingerprint density at radius 3 is 3.08 bits per heavy atom. The first kappa shape index (κ1) is 18.2. The van der Waals surface area contributed by atoms with Crippen LogP contribution >= 0.6 is 23.1 Å². The van der Waals surface area contributed by atoms with E-state index in [1.54, 1.807) is 22.0 Å². The van der Waals surface area contributed by atoms with Crippen molar-refractivity contribution >= 4 is 39.2 Å². The summed E-state index contributed by atoms with van der Waals surface area (Å²) in [6, 6.07) is 0. The molecule has 0 radical (unpaired) electrons. The lowest BCUT2D eigenvalue weighted by molar-refractivity contribution is -0.118. The van der Waals surface area contributed by atoms with Crippen molar-refractivity contribution in [3.8, 4) is 0 Å². The first-order valence-corrected chi connectivity index (χ1v) is 10.3. The summed E-state index contributed by atoms with van der Waals surface area (Å²) < 4.78 is 1.71. The normalized spacial score (nSPS) is 16.6. The van der Waals surface area contributed by atoms with Crippen LogP contribution in [0.1, 0.15) is 30.7 Å². The van der Waals surface area contributed by atoms with Gasteiger partial charge in [-0.05, 0) is 30.7 Å². The van der Waals surface area contributed by atoms with E-state index in [0.29, 0.717) is 29.9 Å². The molecule has 0 spiro atoms. The van der Waals surface area contributed by atoms with Crippen molar-refractivity contribution in [3.63, 3.8) is 0 Å². The average Bonchev–Trinajstić information content (AvgIpc) is 2.92. The van der Waals surface area contributed by atoms with Crippen molar-refractivity contribution in [3.05, 3.63) is 33.4 Å². The summed E-state index contributed by atoms with van der Waals surface area (Å²) >= 11 is 3.17. The number of allylic oxidation sites excluding steroid dienone is 1. The number of thioether (sulfide) groups is 1. The molecular weight excluding hydrogens is 354 g/mol. The number of fused-ring (bicyclic) bond motifs is 3. The quantitative estimate of drug-likeness (QED) is 0.364. The number of nitrogens with zero attached hydrogens (tertiary/aromatic N) is 2. The monoisotopic (exact) mass is 377 g/mol. The summed E-state index contributed by atoms with van der Waals surface area (Å²) in [7, 11) is 0. The molecule has 1 aliphatic carbocycles. The van der Waals surface area contributed by atoms with E-state index in [1.807, 2.05) is 0 Å². The Bertz CT molecular complexity index is 869. The molecule has 0 saturated carbocycles. The molecule has 1 atom stereocenters. The number of carbonyl (C=O) groups is 1. The molecule has 0 fully saturated rings. The predicted octanol–water partition coefficient (Wildman–Crippen LogP) is 3.00. The molecule has 3 rings (SSSR count). The van der Waals surface area contributed by atoms with Crippen LogP contribution in [-0.2, 0) is 24.2 Å². The Balaban J connectivity index is 1.99. The van der Waals surface area contributed by atoms with Crippen molar-refractivity contribution in [2.24, 2.45) is 5.92 Å². The summed E-state index contributed by atoms with van der Waals surface area (Å²) in [6.45, 7) is 8.54. The number of hydrogen-bond donors (Lipinski definition) is 1. The minimum atomic E-state index is -0.0486. The Kier molecular flexibility index (Phi) is 5.64. The summed E-state index contributed by atoms with van der Waals surface area (Å²) in [5, 5.41) is 4.28. The number of amides is 1. The van der Waals surface area contributed by atoms with Gasteiger partial charge in [-0.2, -0.15) is 0 Å². The molecule has 2 heterocycles. The molecule has 2 aromatic rings. The highest BCUT2D eigenvalue weighted by Gasteiger charge is 2.24. The Morgan fingerprint density at radius 1 is 1.56 bits per heavy atom. The largest absolute Gasteiger partial charge is 0.356 e. The molecule has 1 N–H and O–H groups in total. The number of nitrogens with one attached hydrogen (secondary N) is 1. The second-order valence-corrected chi connectivity index (χ2v) is 8.61. The highest BCUT2D eigenvalue weighted by atomic mass is 32.2. The van der Waals surface area contributed by atoms with Gasteiger partial charge in [0.05, 0.1) is 5.39 Å². The molecule has 2 aromatic heterocycles. The number of aryl methyl sites for hydroxylation is 1. The van der Waals surface area contributed by atoms with Crippen LogP contribution in [0.2, 0.25) is 0 Å². The van der Waals surface area contributed by atoms with Crippen LogP contribution in [0, 0.1) is 5.92 Å². The smallest absolute Gasteiger partial charge is 0.263 e. The van der Waals surface area contributed by atoms with Gasteiger partial charge in [0, 0.05) is 30.6 Å². The standard InChI is InChI=1S/C18H23N3O2S2/c1-4-8-21-17(23)15-13-6-5-11(2)10-14(13)25-16(15)20-18(21)24-9-7-19-12(3)22/h4,11H,1,5-10H2,2-3H3,(H,19,22)/t11-/m1/s1. The molecule has 0 saturated heterocycles. The lowest BCUT2D eigenvalue weighted by Gasteiger charge is -2.17. The third-order valence-corrected chi connectivity index (χ3v) is 6.53. The Morgan fingerprint density at radius 2 is 2.36 bits per heavy atom. The number of aromatic nitrogens is 2. The summed E-state index contributed by atoms with van der Waals surface area (Å²) in [6.07, 6.45) is 4.87. The number of rotatable bonds is 6. The second-order valence-electron chi connectivity index (χ2n) is 6.46. The molecule has 1 amide bonds. The molecule has 134 valence electrons. The second kappa shape index (κ2) is 7.74. The van der Waals surface area contributed by atoms with E-state index < -0.39 is 0 Å². The molecular formula is C18H23N3O2S2. The zero-order valence-corrected chi connectivity index (χ0v) is 16.3. The highest BCUT2D eigenvalue weighted by Crippen LogP contribution is 2.36. The fourth-order valence-corrected chi connectivity index (χ4v) is 5.46. The van der Waals surface area contributed by atoms with Gasteiger partial charge in [0.15, 0.2) is 5.16 Å². The van der Waals surface area contributed by atoms with Gasteiger partial charge in [0.2, 0.25) is 5.91 Å². The van der Waals surface area contributed by atoms with Crippen LogP contribution in [0.5, 0.6) is 0 Å². The van der Waals surface area contributed by atoms with Crippen molar-refractivity contribution in [1.29, 1.82) is 0 Å². The highest BCUT2D eigenvalue weighted by molar-refractivity contribution is 7.99. The van der Waals surface area contributed by atoms with Crippen molar-refractivity contribution < 1.29 is 4.79 Å². The van der Waals surface area contributed by atoms with Gasteiger partial charge in [-0.3, -0.25) is 14.2 Å². The summed E-state index contributed by atoms with van der Waals surface area (Å²) in [5.41, 5.74) is 1.25. The van der Waals surface area contributed by atoms with E-state index >= 15 is 0 Å². The topological polar surface area (TPSA) is 64.0 Å². The molecule has 0 unspecified atom stereocenters. The summed E-state index contributed by atoms with van der Waals surface area (Å²) in [4.78, 5) is 31.0. The maximum atomic E-state index is 13.1. The van der Waals surface area contributed by atoms with Crippen LogP contribution in [-0.4, -0.2) is 27.8 Å². The van der Waals surface area contributed by atoms with E-state index in [-0.39, 0.29) is 11.5 Å². The lowest BCUT2D eigenvalue weighted by atomic mass is 9.89. The van der Waals surface area contributed by atoms with E-state index in [4.69, 9.17) is 4.98 Å². The zero-order chi connectivity index (χ0) is 18.0. The Labute approximate surface area is 155 Å². The van der Waals surface area contributed by atoms with Crippen molar-refractivity contribution in [2.75, 3.05) is 12.3 Å². The van der Waals surface area contributed by atoms with Gasteiger partial charge < -0.3 is 5.32 Å². The summed E-state index contributed by atoms with van der Waals surface area (Å²) in [5.74, 6) is 1.30. The van der Waals surface area contributed by atoms with E-state index in [1.165, 1.54) is 29.1 Å². The van der Waals surface area contributed by atoms with Crippen LogP contribution in [0.4, 0.5) is 0 Å². The predicted molar refractivity (Wildman–Crippen MR) is 105 cm³/mol. The molecule has 5 nitrogen and oxygen atoms in total. The minimum absolute atomic E-state index is 0.0407. The van der Waals surface area contributed by atoms with Crippen molar-refractivity contribution in [1.82, 2.24) is 14.9 Å². The van der Waals surface area contributed by atoms with Gasteiger partial charge >= 0.3 is 0 Å². The fraction of sp³-hybridized carbons (Fsp3) is 0.500. The molecule has 7 heteroatoms. The molecule has 0 bridgehead atoms. The first-order valence-electron chi connectivity index (χ1n) is 8.54. The third-order valence-electron chi connectivity index (χ3n) is 4.40. The van der Waals surface area contributed by atoms with Crippen molar-refractivity contribution in [2.45, 2.75) is 44.8 Å². The number of carbonyl (C=O) groups excluding carboxylic acids is 1. The molecule has 1 aliphatic rings. The van der Waals surface area contributed by atoms with Crippen LogP contribution < -0.4 is 10.9 Å². The number of hydrogen-bond acceptors (Lipinski definition) is 5. The maximum absolute atomic E-state index is 13.1.